The molecule has 3 heteroatoms. The molecular weight excluding hydrogens is 180 g/mol. The van der Waals surface area contributed by atoms with E-state index in [2.05, 4.69) is 11.1 Å². The van der Waals surface area contributed by atoms with Gasteiger partial charge in [-0.2, -0.15) is 0 Å². The number of rotatable bonds is 2. The third-order valence-corrected chi connectivity index (χ3v) is 2.74. The molecule has 0 atom stereocenters. The van der Waals surface area contributed by atoms with E-state index in [9.17, 15) is 0 Å². The molecular formula is C10H10N2S. The van der Waals surface area contributed by atoms with Crippen molar-refractivity contribution >= 4 is 11.3 Å². The van der Waals surface area contributed by atoms with Gasteiger partial charge in [-0.1, -0.05) is 12.1 Å². The molecule has 2 heterocycles. The molecule has 0 saturated heterocycles. The van der Waals surface area contributed by atoms with Crippen molar-refractivity contribution < 1.29 is 0 Å². The zero-order chi connectivity index (χ0) is 9.10. The lowest BCUT2D eigenvalue weighted by atomic mass is 10.2. The van der Waals surface area contributed by atoms with E-state index in [1.54, 1.807) is 17.5 Å². The number of pyridine rings is 1. The number of thiophene rings is 1. The largest absolute Gasteiger partial charge is 0.326 e. The molecule has 66 valence electrons. The van der Waals surface area contributed by atoms with Gasteiger partial charge in [0, 0.05) is 12.7 Å². The monoisotopic (exact) mass is 190 g/mol. The maximum atomic E-state index is 5.62. The van der Waals surface area contributed by atoms with E-state index in [0.29, 0.717) is 6.54 Å². The van der Waals surface area contributed by atoms with Crippen molar-refractivity contribution in [3.8, 4) is 10.6 Å². The molecule has 0 amide bonds. The molecule has 2 N–H and O–H groups in total. The number of aromatic nitrogens is 1. The van der Waals surface area contributed by atoms with Gasteiger partial charge in [0.05, 0.1) is 10.6 Å². The highest BCUT2D eigenvalue weighted by Gasteiger charge is 2.04. The quantitative estimate of drug-likeness (QED) is 0.789. The van der Waals surface area contributed by atoms with E-state index >= 15 is 0 Å². The second kappa shape index (κ2) is 3.68. The smallest absolute Gasteiger partial charge is 0.0846 e. The Hall–Kier alpha value is -1.19. The Balaban J connectivity index is 2.51. The fraction of sp³-hybridized carbons (Fsp3) is 0.100. The third-order valence-electron chi connectivity index (χ3n) is 1.87. The van der Waals surface area contributed by atoms with Crippen LogP contribution in [0.25, 0.3) is 10.6 Å². The van der Waals surface area contributed by atoms with Crippen LogP contribution in [0.4, 0.5) is 0 Å². The van der Waals surface area contributed by atoms with E-state index < -0.39 is 0 Å². The third kappa shape index (κ3) is 1.61. The SMILES string of the molecule is NCc1cccnc1-c1cccs1. The molecule has 0 bridgehead atoms. The number of nitrogens with zero attached hydrogens (tertiary/aromatic N) is 1. The van der Waals surface area contributed by atoms with Gasteiger partial charge in [-0.05, 0) is 23.1 Å². The summed E-state index contributed by atoms with van der Waals surface area (Å²) >= 11 is 1.69. The molecule has 0 spiro atoms. The van der Waals surface area contributed by atoms with Crippen molar-refractivity contribution in [1.82, 2.24) is 4.98 Å². The summed E-state index contributed by atoms with van der Waals surface area (Å²) in [7, 11) is 0. The van der Waals surface area contributed by atoms with Gasteiger partial charge in [-0.3, -0.25) is 4.98 Å². The van der Waals surface area contributed by atoms with Crippen LogP contribution in [0, 0.1) is 0 Å². The molecule has 0 aliphatic rings. The summed E-state index contributed by atoms with van der Waals surface area (Å²) in [5.74, 6) is 0. The Kier molecular flexibility index (Phi) is 2.38. The van der Waals surface area contributed by atoms with Crippen molar-refractivity contribution in [2.24, 2.45) is 5.73 Å². The minimum absolute atomic E-state index is 0.543. The summed E-state index contributed by atoms with van der Waals surface area (Å²) in [6.45, 7) is 0.543. The number of nitrogens with two attached hydrogens (primary N) is 1. The molecule has 2 rings (SSSR count). The summed E-state index contributed by atoms with van der Waals surface area (Å²) < 4.78 is 0. The van der Waals surface area contributed by atoms with Crippen molar-refractivity contribution in [3.63, 3.8) is 0 Å². The first-order chi connectivity index (χ1) is 6.42. The molecule has 0 aliphatic carbocycles. The number of hydrogen-bond acceptors (Lipinski definition) is 3. The van der Waals surface area contributed by atoms with Crippen LogP contribution in [-0.4, -0.2) is 4.98 Å². The maximum absolute atomic E-state index is 5.62. The van der Waals surface area contributed by atoms with E-state index in [4.69, 9.17) is 5.73 Å². The fourth-order valence-electron chi connectivity index (χ4n) is 1.24. The lowest BCUT2D eigenvalue weighted by Crippen LogP contribution is -1.99. The Morgan fingerprint density at radius 3 is 2.92 bits per heavy atom. The van der Waals surface area contributed by atoms with Crippen molar-refractivity contribution in [3.05, 3.63) is 41.4 Å². The molecule has 0 aliphatic heterocycles. The van der Waals surface area contributed by atoms with Crippen LogP contribution >= 0.6 is 11.3 Å². The standard InChI is InChI=1S/C10H10N2S/c11-7-8-3-1-5-12-10(8)9-4-2-6-13-9/h1-6H,7,11H2. The average Bonchev–Trinajstić information content (AvgIpc) is 2.70. The summed E-state index contributed by atoms with van der Waals surface area (Å²) in [6, 6.07) is 8.02. The molecule has 2 aromatic rings. The zero-order valence-electron chi connectivity index (χ0n) is 7.10. The van der Waals surface area contributed by atoms with Crippen LogP contribution in [0.5, 0.6) is 0 Å². The van der Waals surface area contributed by atoms with E-state index in [0.717, 1.165) is 11.3 Å². The lowest BCUT2D eigenvalue weighted by Gasteiger charge is -2.02. The summed E-state index contributed by atoms with van der Waals surface area (Å²) in [5.41, 5.74) is 7.74. The minimum Gasteiger partial charge on any atom is -0.326 e. The summed E-state index contributed by atoms with van der Waals surface area (Å²) in [6.07, 6.45) is 1.80. The molecule has 0 fully saturated rings. The second-order valence-corrected chi connectivity index (χ2v) is 3.64. The fourth-order valence-corrected chi connectivity index (χ4v) is 1.99. The van der Waals surface area contributed by atoms with Gasteiger partial charge in [-0.25, -0.2) is 0 Å². The predicted molar refractivity (Wildman–Crippen MR) is 55.4 cm³/mol. The van der Waals surface area contributed by atoms with E-state index in [1.165, 1.54) is 4.88 Å². The van der Waals surface area contributed by atoms with Gasteiger partial charge >= 0.3 is 0 Å². The average molecular weight is 190 g/mol. The van der Waals surface area contributed by atoms with Crippen molar-refractivity contribution in [2.75, 3.05) is 0 Å². The van der Waals surface area contributed by atoms with Gasteiger partial charge in [0.1, 0.15) is 0 Å². The van der Waals surface area contributed by atoms with Gasteiger partial charge in [0.25, 0.3) is 0 Å². The highest BCUT2D eigenvalue weighted by atomic mass is 32.1. The first-order valence-corrected chi connectivity index (χ1v) is 4.97. The second-order valence-electron chi connectivity index (χ2n) is 2.69. The van der Waals surface area contributed by atoms with Crippen LogP contribution in [-0.2, 0) is 6.54 Å². The molecule has 2 nitrogen and oxygen atoms in total. The van der Waals surface area contributed by atoms with Gasteiger partial charge in [0.15, 0.2) is 0 Å². The molecule has 0 unspecified atom stereocenters. The van der Waals surface area contributed by atoms with Crippen molar-refractivity contribution in [1.29, 1.82) is 0 Å². The first-order valence-electron chi connectivity index (χ1n) is 4.09. The van der Waals surface area contributed by atoms with Gasteiger partial charge < -0.3 is 5.73 Å². The van der Waals surface area contributed by atoms with Crippen LogP contribution in [0.15, 0.2) is 35.8 Å². The van der Waals surface area contributed by atoms with E-state index in [-0.39, 0.29) is 0 Å². The Bertz CT molecular complexity index is 382. The molecule has 0 aromatic carbocycles. The molecule has 2 aromatic heterocycles. The van der Waals surface area contributed by atoms with Crippen LogP contribution in [0.2, 0.25) is 0 Å². The van der Waals surface area contributed by atoms with Crippen LogP contribution in [0.3, 0.4) is 0 Å². The van der Waals surface area contributed by atoms with Crippen molar-refractivity contribution in [2.45, 2.75) is 6.54 Å². The van der Waals surface area contributed by atoms with E-state index in [1.807, 2.05) is 23.6 Å². The molecule has 13 heavy (non-hydrogen) atoms. The Labute approximate surface area is 81.1 Å². The van der Waals surface area contributed by atoms with Gasteiger partial charge in [0.2, 0.25) is 0 Å². The summed E-state index contributed by atoms with van der Waals surface area (Å²) in [4.78, 5) is 5.50. The zero-order valence-corrected chi connectivity index (χ0v) is 7.92. The minimum atomic E-state index is 0.543. The number of hydrogen-bond donors (Lipinski definition) is 1. The predicted octanol–water partition coefficient (Wildman–Crippen LogP) is 2.27. The van der Waals surface area contributed by atoms with Crippen LogP contribution < -0.4 is 5.73 Å². The highest BCUT2D eigenvalue weighted by Crippen LogP contribution is 2.25. The molecule has 0 radical (unpaired) electrons. The molecule has 0 saturated carbocycles. The lowest BCUT2D eigenvalue weighted by molar-refractivity contribution is 1.05. The summed E-state index contributed by atoms with van der Waals surface area (Å²) in [5, 5.41) is 2.05. The van der Waals surface area contributed by atoms with Gasteiger partial charge in [-0.15, -0.1) is 11.3 Å². The topological polar surface area (TPSA) is 38.9 Å². The Morgan fingerprint density at radius 2 is 2.23 bits per heavy atom. The van der Waals surface area contributed by atoms with Crippen LogP contribution in [0.1, 0.15) is 5.56 Å². The normalized spacial score (nSPS) is 10.2. The Morgan fingerprint density at radius 1 is 1.31 bits per heavy atom. The first kappa shape index (κ1) is 8.41. The highest BCUT2D eigenvalue weighted by molar-refractivity contribution is 7.13. The maximum Gasteiger partial charge on any atom is 0.0846 e.